The Balaban J connectivity index is 2.33. The summed E-state index contributed by atoms with van der Waals surface area (Å²) in [5, 5.41) is 3.16. The number of rotatable bonds is 0. The molecule has 8 heavy (non-hydrogen) atoms. The van der Waals surface area contributed by atoms with Crippen molar-refractivity contribution in [1.82, 2.24) is 5.32 Å². The molecule has 1 heterocycles. The van der Waals surface area contributed by atoms with E-state index in [0.717, 1.165) is 25.5 Å². The summed E-state index contributed by atoms with van der Waals surface area (Å²) < 4.78 is 5.18. The van der Waals surface area contributed by atoms with Crippen molar-refractivity contribution in [3.63, 3.8) is 0 Å². The van der Waals surface area contributed by atoms with Gasteiger partial charge < -0.3 is 10.1 Å². The average Bonchev–Trinajstić information content (AvgIpc) is 1.90. The molecule has 0 amide bonds. The molecule has 3 heteroatoms. The van der Waals surface area contributed by atoms with Crippen molar-refractivity contribution in [2.45, 2.75) is 0 Å². The number of nitrogens with one attached hydrogen (secondary N) is 1. The third-order valence-corrected chi connectivity index (χ3v) is 1.50. The number of hydrogen-bond donors (Lipinski definition) is 1. The molecule has 0 aromatic heterocycles. The first-order chi connectivity index (χ1) is 3.93. The summed E-state index contributed by atoms with van der Waals surface area (Å²) in [6.07, 6.45) is 0. The number of hydrogen-bond acceptors (Lipinski definition) is 2. The van der Waals surface area contributed by atoms with E-state index in [4.69, 9.17) is 4.74 Å². The summed E-state index contributed by atoms with van der Waals surface area (Å²) in [4.78, 5) is 1.80. The minimum atomic E-state index is 0.789. The minimum absolute atomic E-state index is 0.789. The van der Waals surface area contributed by atoms with E-state index in [1.54, 1.807) is 4.99 Å². The Morgan fingerprint density at radius 3 is 3.00 bits per heavy atom. The van der Waals surface area contributed by atoms with Gasteiger partial charge in [-0.2, -0.15) is 0 Å². The SMILES string of the molecule is Br/C=C1\CNCCO1. The molecule has 0 aliphatic carbocycles. The van der Waals surface area contributed by atoms with E-state index in [2.05, 4.69) is 21.2 Å². The summed E-state index contributed by atoms with van der Waals surface area (Å²) in [7, 11) is 0. The Kier molecular flexibility index (Phi) is 2.36. The monoisotopic (exact) mass is 177 g/mol. The summed E-state index contributed by atoms with van der Waals surface area (Å²) in [6, 6.07) is 0. The Hall–Kier alpha value is -0.0200. The van der Waals surface area contributed by atoms with Crippen LogP contribution >= 0.6 is 15.9 Å². The maximum atomic E-state index is 5.18. The van der Waals surface area contributed by atoms with E-state index in [1.807, 2.05) is 0 Å². The molecule has 0 aromatic rings. The second kappa shape index (κ2) is 3.10. The van der Waals surface area contributed by atoms with Gasteiger partial charge in [-0.1, -0.05) is 15.9 Å². The van der Waals surface area contributed by atoms with Crippen molar-refractivity contribution >= 4 is 15.9 Å². The van der Waals surface area contributed by atoms with E-state index in [-0.39, 0.29) is 0 Å². The van der Waals surface area contributed by atoms with Gasteiger partial charge in [-0.25, -0.2) is 0 Å². The number of halogens is 1. The molecular weight excluding hydrogens is 170 g/mol. The number of ether oxygens (including phenoxy) is 1. The van der Waals surface area contributed by atoms with Gasteiger partial charge in [0, 0.05) is 11.5 Å². The lowest BCUT2D eigenvalue weighted by Crippen LogP contribution is -2.28. The van der Waals surface area contributed by atoms with Crippen molar-refractivity contribution < 1.29 is 4.74 Å². The zero-order valence-corrected chi connectivity index (χ0v) is 6.07. The maximum Gasteiger partial charge on any atom is 0.117 e. The lowest BCUT2D eigenvalue weighted by atomic mass is 10.5. The third kappa shape index (κ3) is 1.49. The van der Waals surface area contributed by atoms with Crippen LogP contribution in [0.25, 0.3) is 0 Å². The fraction of sp³-hybridized carbons (Fsp3) is 0.600. The highest BCUT2D eigenvalue weighted by atomic mass is 79.9. The van der Waals surface area contributed by atoms with Gasteiger partial charge in [-0.05, 0) is 0 Å². The normalized spacial score (nSPS) is 25.4. The first-order valence-corrected chi connectivity index (χ1v) is 3.48. The molecule has 1 N–H and O–H groups in total. The second-order valence-corrected chi connectivity index (χ2v) is 2.06. The second-order valence-electron chi connectivity index (χ2n) is 1.60. The highest BCUT2D eigenvalue weighted by Gasteiger charge is 2.01. The Morgan fingerprint density at radius 2 is 2.62 bits per heavy atom. The van der Waals surface area contributed by atoms with Gasteiger partial charge in [0.25, 0.3) is 0 Å². The lowest BCUT2D eigenvalue weighted by Gasteiger charge is -2.15. The van der Waals surface area contributed by atoms with E-state index in [9.17, 15) is 0 Å². The van der Waals surface area contributed by atoms with Crippen molar-refractivity contribution in [3.05, 3.63) is 10.7 Å². The third-order valence-electron chi connectivity index (χ3n) is 0.987. The molecule has 46 valence electrons. The molecule has 1 aliphatic rings. The van der Waals surface area contributed by atoms with Crippen LogP contribution in [0, 0.1) is 0 Å². The first-order valence-electron chi connectivity index (χ1n) is 2.56. The highest BCUT2D eigenvalue weighted by Crippen LogP contribution is 2.01. The van der Waals surface area contributed by atoms with E-state index in [0.29, 0.717) is 0 Å². The van der Waals surface area contributed by atoms with Gasteiger partial charge in [-0.3, -0.25) is 0 Å². The largest absolute Gasteiger partial charge is 0.495 e. The minimum Gasteiger partial charge on any atom is -0.495 e. The molecule has 0 radical (unpaired) electrons. The van der Waals surface area contributed by atoms with Crippen molar-refractivity contribution in [3.8, 4) is 0 Å². The molecule has 0 bridgehead atoms. The van der Waals surface area contributed by atoms with Crippen LogP contribution in [0.4, 0.5) is 0 Å². The topological polar surface area (TPSA) is 21.3 Å². The quantitative estimate of drug-likeness (QED) is 0.593. The molecule has 0 unspecified atom stereocenters. The molecule has 0 aromatic carbocycles. The molecule has 2 nitrogen and oxygen atoms in total. The Bertz CT molecular complexity index is 94.6. The summed E-state index contributed by atoms with van der Waals surface area (Å²) in [5.74, 6) is 0.983. The van der Waals surface area contributed by atoms with E-state index < -0.39 is 0 Å². The van der Waals surface area contributed by atoms with Crippen molar-refractivity contribution in [1.29, 1.82) is 0 Å². The fourth-order valence-electron chi connectivity index (χ4n) is 0.587. The molecule has 1 saturated heterocycles. The number of morpholine rings is 1. The summed E-state index contributed by atoms with van der Waals surface area (Å²) in [6.45, 7) is 2.60. The molecule has 0 spiro atoms. The van der Waals surface area contributed by atoms with Crippen LogP contribution in [-0.2, 0) is 4.74 Å². The summed E-state index contributed by atoms with van der Waals surface area (Å²) >= 11 is 3.18. The predicted molar refractivity (Wildman–Crippen MR) is 35.8 cm³/mol. The van der Waals surface area contributed by atoms with Crippen LogP contribution < -0.4 is 5.32 Å². The predicted octanol–water partition coefficient (Wildman–Crippen LogP) is 0.842. The van der Waals surface area contributed by atoms with Gasteiger partial charge in [0.15, 0.2) is 0 Å². The molecule has 1 fully saturated rings. The lowest BCUT2D eigenvalue weighted by molar-refractivity contribution is 0.179. The van der Waals surface area contributed by atoms with Crippen LogP contribution in [-0.4, -0.2) is 19.7 Å². The summed E-state index contributed by atoms with van der Waals surface area (Å²) in [5.41, 5.74) is 0. The van der Waals surface area contributed by atoms with Gasteiger partial charge in [-0.15, -0.1) is 0 Å². The van der Waals surface area contributed by atoms with Gasteiger partial charge in [0.1, 0.15) is 12.4 Å². The standard InChI is InChI=1S/C5H8BrNO/c6-3-5-4-7-1-2-8-5/h3,7H,1-2,4H2/b5-3+. The van der Waals surface area contributed by atoms with Crippen LogP contribution in [0.15, 0.2) is 10.7 Å². The Morgan fingerprint density at radius 1 is 1.75 bits per heavy atom. The van der Waals surface area contributed by atoms with Crippen LogP contribution in [0.5, 0.6) is 0 Å². The van der Waals surface area contributed by atoms with Crippen LogP contribution in [0.2, 0.25) is 0 Å². The van der Waals surface area contributed by atoms with E-state index in [1.165, 1.54) is 0 Å². The van der Waals surface area contributed by atoms with E-state index >= 15 is 0 Å². The van der Waals surface area contributed by atoms with Crippen LogP contribution in [0.3, 0.4) is 0 Å². The highest BCUT2D eigenvalue weighted by molar-refractivity contribution is 9.11. The molecule has 1 aliphatic heterocycles. The zero-order valence-electron chi connectivity index (χ0n) is 4.48. The fourth-order valence-corrected chi connectivity index (χ4v) is 0.881. The van der Waals surface area contributed by atoms with Crippen molar-refractivity contribution in [2.75, 3.05) is 19.7 Å². The average molecular weight is 178 g/mol. The van der Waals surface area contributed by atoms with Gasteiger partial charge in [0.05, 0.1) is 6.54 Å². The smallest absolute Gasteiger partial charge is 0.117 e. The molecular formula is C5H8BrNO. The van der Waals surface area contributed by atoms with Crippen molar-refractivity contribution in [2.24, 2.45) is 0 Å². The van der Waals surface area contributed by atoms with Gasteiger partial charge >= 0.3 is 0 Å². The molecule has 1 rings (SSSR count). The first kappa shape index (κ1) is 6.11. The van der Waals surface area contributed by atoms with Crippen LogP contribution in [0.1, 0.15) is 0 Å². The Labute approximate surface area is 57.0 Å². The van der Waals surface area contributed by atoms with Gasteiger partial charge in [0.2, 0.25) is 0 Å². The molecule has 0 atom stereocenters. The molecule has 0 saturated carbocycles. The maximum absolute atomic E-state index is 5.18. The zero-order chi connectivity index (χ0) is 5.82.